The molecule has 1 fully saturated rings. The summed E-state index contributed by atoms with van der Waals surface area (Å²) in [7, 11) is 0. The molecule has 1 aromatic heterocycles. The summed E-state index contributed by atoms with van der Waals surface area (Å²) in [5.41, 5.74) is 3.94. The third-order valence-corrected chi connectivity index (χ3v) is 10.8. The molecular formula is C45H44Cl2N4O3. The van der Waals surface area contributed by atoms with Gasteiger partial charge in [-0.05, 0) is 98.9 Å². The van der Waals surface area contributed by atoms with Crippen molar-refractivity contribution in [3.05, 3.63) is 154 Å². The van der Waals surface area contributed by atoms with Crippen LogP contribution >= 0.6 is 23.2 Å². The standard InChI is InChI=1S/C45H44Cl2N4O3/c1-44(2,3)54-43(53)48-29-30-22-24-31(25-23-30)42(52)49-41-36-28-32(40-37(46)20-13-21-38(40)47)26-27-39(36)51(50-41)45(33-14-7-4-8-15-33,34-16-9-5-10-17-34)35-18-11-6-12-19-35/h4-21,26-28,30-31H,22-25,29H2,1-3H3,(H,48,53)(H,49,50,52). The SMILES string of the molecule is CC(C)(C)OC(=O)NCC1CCC(C(=O)Nc2nn(C(c3ccccc3)(c3ccccc3)c3ccccc3)c3ccc(-c4c(Cl)cccc4Cl)cc23)CC1. The van der Waals surface area contributed by atoms with Gasteiger partial charge in [-0.15, -0.1) is 0 Å². The van der Waals surface area contributed by atoms with E-state index in [-0.39, 0.29) is 17.7 Å². The fourth-order valence-electron chi connectivity index (χ4n) is 7.69. The lowest BCUT2D eigenvalue weighted by Gasteiger charge is -2.37. The van der Waals surface area contributed by atoms with Crippen LogP contribution in [0.4, 0.5) is 10.6 Å². The van der Waals surface area contributed by atoms with Gasteiger partial charge >= 0.3 is 6.09 Å². The van der Waals surface area contributed by atoms with Gasteiger partial charge in [0.15, 0.2) is 5.82 Å². The largest absolute Gasteiger partial charge is 0.444 e. The Bertz CT molecular complexity index is 2130. The van der Waals surface area contributed by atoms with E-state index in [4.69, 9.17) is 33.0 Å². The van der Waals surface area contributed by atoms with Crippen molar-refractivity contribution in [2.45, 2.75) is 57.6 Å². The predicted octanol–water partition coefficient (Wildman–Crippen LogP) is 11.1. The molecule has 54 heavy (non-hydrogen) atoms. The van der Waals surface area contributed by atoms with E-state index in [2.05, 4.69) is 51.7 Å². The Morgan fingerprint density at radius 1 is 0.741 bits per heavy atom. The van der Waals surface area contributed by atoms with Crippen LogP contribution in [-0.2, 0) is 15.1 Å². The van der Waals surface area contributed by atoms with Crippen molar-refractivity contribution < 1.29 is 14.3 Å². The highest BCUT2D eigenvalue weighted by molar-refractivity contribution is 6.39. The van der Waals surface area contributed by atoms with Gasteiger partial charge in [-0.2, -0.15) is 5.10 Å². The molecule has 0 unspecified atom stereocenters. The van der Waals surface area contributed by atoms with E-state index in [1.54, 1.807) is 0 Å². The normalized spacial score (nSPS) is 16.2. The first kappa shape index (κ1) is 37.2. The quantitative estimate of drug-likeness (QED) is 0.144. The number of halogens is 2. The second-order valence-electron chi connectivity index (χ2n) is 15.0. The number of benzene rings is 5. The molecule has 0 radical (unpaired) electrons. The maximum Gasteiger partial charge on any atom is 0.407 e. The molecule has 0 saturated heterocycles. The van der Waals surface area contributed by atoms with Gasteiger partial charge in [0, 0.05) is 33.5 Å². The molecule has 1 aliphatic rings. The highest BCUT2D eigenvalue weighted by atomic mass is 35.5. The minimum Gasteiger partial charge on any atom is -0.444 e. The Morgan fingerprint density at radius 2 is 1.28 bits per heavy atom. The molecule has 6 aromatic rings. The number of fused-ring (bicyclic) bond motifs is 1. The first-order valence-electron chi connectivity index (χ1n) is 18.5. The fourth-order valence-corrected chi connectivity index (χ4v) is 8.31. The third kappa shape index (κ3) is 7.61. The van der Waals surface area contributed by atoms with E-state index in [1.807, 2.05) is 112 Å². The van der Waals surface area contributed by atoms with Crippen molar-refractivity contribution >= 4 is 51.9 Å². The van der Waals surface area contributed by atoms with E-state index >= 15 is 0 Å². The van der Waals surface area contributed by atoms with Crippen LogP contribution in [0.5, 0.6) is 0 Å². The molecule has 1 heterocycles. The summed E-state index contributed by atoms with van der Waals surface area (Å²) < 4.78 is 7.46. The Balaban J connectivity index is 1.31. The Hall–Kier alpha value is -5.11. The topological polar surface area (TPSA) is 85.2 Å². The molecule has 7 rings (SSSR count). The van der Waals surface area contributed by atoms with Crippen LogP contribution in [-0.4, -0.2) is 33.9 Å². The third-order valence-electron chi connectivity index (χ3n) is 10.2. The summed E-state index contributed by atoms with van der Waals surface area (Å²) in [5.74, 6) is 0.450. The van der Waals surface area contributed by atoms with Gasteiger partial charge in [0.25, 0.3) is 0 Å². The number of carbonyl (C=O) groups excluding carboxylic acids is 2. The van der Waals surface area contributed by atoms with Crippen molar-refractivity contribution in [2.24, 2.45) is 11.8 Å². The molecule has 0 atom stereocenters. The van der Waals surface area contributed by atoms with E-state index in [1.165, 1.54) is 0 Å². The van der Waals surface area contributed by atoms with Crippen LogP contribution in [0.1, 0.15) is 63.1 Å². The van der Waals surface area contributed by atoms with Crippen LogP contribution in [0.3, 0.4) is 0 Å². The lowest BCUT2D eigenvalue weighted by Crippen LogP contribution is -2.38. The first-order valence-corrected chi connectivity index (χ1v) is 19.2. The van der Waals surface area contributed by atoms with Crippen LogP contribution < -0.4 is 10.6 Å². The lowest BCUT2D eigenvalue weighted by molar-refractivity contribution is -0.121. The monoisotopic (exact) mass is 758 g/mol. The van der Waals surface area contributed by atoms with Gasteiger partial charge in [0.05, 0.1) is 5.52 Å². The zero-order valence-corrected chi connectivity index (χ0v) is 32.2. The summed E-state index contributed by atoms with van der Waals surface area (Å²) in [4.78, 5) is 26.4. The van der Waals surface area contributed by atoms with Crippen LogP contribution in [0, 0.1) is 11.8 Å². The molecule has 2 N–H and O–H groups in total. The number of carbonyl (C=O) groups is 2. The summed E-state index contributed by atoms with van der Waals surface area (Å²) in [5, 5.41) is 13.4. The van der Waals surface area contributed by atoms with E-state index in [9.17, 15) is 9.59 Å². The van der Waals surface area contributed by atoms with Crippen molar-refractivity contribution in [2.75, 3.05) is 11.9 Å². The van der Waals surface area contributed by atoms with Crippen LogP contribution in [0.25, 0.3) is 22.0 Å². The van der Waals surface area contributed by atoms with Gasteiger partial charge < -0.3 is 15.4 Å². The van der Waals surface area contributed by atoms with Gasteiger partial charge in [-0.1, -0.05) is 126 Å². The van der Waals surface area contributed by atoms with Gasteiger partial charge in [-0.25, -0.2) is 9.48 Å². The number of anilines is 1. The Labute approximate surface area is 326 Å². The van der Waals surface area contributed by atoms with Crippen molar-refractivity contribution in [3.63, 3.8) is 0 Å². The molecule has 1 aliphatic carbocycles. The maximum absolute atomic E-state index is 14.2. The highest BCUT2D eigenvalue weighted by Gasteiger charge is 2.41. The Kier molecular flexibility index (Phi) is 10.8. The van der Waals surface area contributed by atoms with Gasteiger partial charge in [-0.3, -0.25) is 4.79 Å². The summed E-state index contributed by atoms with van der Waals surface area (Å²) in [6.07, 6.45) is 2.62. The molecule has 2 amide bonds. The average Bonchev–Trinajstić information content (AvgIpc) is 3.52. The zero-order valence-electron chi connectivity index (χ0n) is 30.7. The van der Waals surface area contributed by atoms with Gasteiger partial charge in [0.1, 0.15) is 11.1 Å². The van der Waals surface area contributed by atoms with E-state index < -0.39 is 17.2 Å². The molecule has 276 valence electrons. The Morgan fingerprint density at radius 3 is 1.80 bits per heavy atom. The van der Waals surface area contributed by atoms with Crippen molar-refractivity contribution in [3.8, 4) is 11.1 Å². The number of nitrogens with zero attached hydrogens (tertiary/aromatic N) is 2. The average molecular weight is 760 g/mol. The lowest BCUT2D eigenvalue weighted by atomic mass is 9.77. The van der Waals surface area contributed by atoms with Crippen LogP contribution in [0.2, 0.25) is 10.0 Å². The predicted molar refractivity (Wildman–Crippen MR) is 218 cm³/mol. The summed E-state index contributed by atoms with van der Waals surface area (Å²) >= 11 is 13.5. The smallest absolute Gasteiger partial charge is 0.407 e. The van der Waals surface area contributed by atoms with Crippen molar-refractivity contribution in [1.29, 1.82) is 0 Å². The molecular weight excluding hydrogens is 715 g/mol. The molecule has 0 bridgehead atoms. The number of aromatic nitrogens is 2. The number of hydrogen-bond acceptors (Lipinski definition) is 4. The first-order chi connectivity index (χ1) is 26.0. The fraction of sp³-hybridized carbons (Fsp3) is 0.267. The number of nitrogens with one attached hydrogen (secondary N) is 2. The highest BCUT2D eigenvalue weighted by Crippen LogP contribution is 2.45. The summed E-state index contributed by atoms with van der Waals surface area (Å²) in [6, 6.07) is 42.6. The minimum atomic E-state index is -0.909. The van der Waals surface area contributed by atoms with Crippen molar-refractivity contribution in [1.82, 2.24) is 15.1 Å². The van der Waals surface area contributed by atoms with Crippen LogP contribution in [0.15, 0.2) is 127 Å². The molecule has 1 saturated carbocycles. The molecule has 7 nitrogen and oxygen atoms in total. The summed E-state index contributed by atoms with van der Waals surface area (Å²) in [6.45, 7) is 6.06. The zero-order chi connectivity index (χ0) is 37.9. The molecule has 0 spiro atoms. The second-order valence-corrected chi connectivity index (χ2v) is 15.8. The minimum absolute atomic E-state index is 0.0778. The second kappa shape index (κ2) is 15.7. The number of ether oxygens (including phenoxy) is 1. The molecule has 0 aliphatic heterocycles. The van der Waals surface area contributed by atoms with Gasteiger partial charge in [0.2, 0.25) is 5.91 Å². The number of rotatable bonds is 9. The number of amides is 2. The number of alkyl carbamates (subject to hydrolysis) is 1. The molecule has 9 heteroatoms. The maximum atomic E-state index is 14.2. The van der Waals surface area contributed by atoms with E-state index in [0.29, 0.717) is 40.8 Å². The molecule has 5 aromatic carbocycles. The number of hydrogen-bond donors (Lipinski definition) is 2. The van der Waals surface area contributed by atoms with E-state index in [0.717, 1.165) is 46.0 Å².